The van der Waals surface area contributed by atoms with E-state index in [1.165, 1.54) is 12.1 Å². The van der Waals surface area contributed by atoms with Crippen molar-refractivity contribution in [1.29, 1.82) is 10.5 Å². The summed E-state index contributed by atoms with van der Waals surface area (Å²) in [4.78, 5) is 14.0. The highest BCUT2D eigenvalue weighted by atomic mass is 16.2. The number of rotatable bonds is 3. The van der Waals surface area contributed by atoms with Crippen molar-refractivity contribution in [3.63, 3.8) is 0 Å². The van der Waals surface area contributed by atoms with Crippen LogP contribution in [0.15, 0.2) is 87.0 Å². The normalized spacial score (nSPS) is 7.88. The lowest BCUT2D eigenvalue weighted by Gasteiger charge is -2.21. The summed E-state index contributed by atoms with van der Waals surface area (Å²) in [5.41, 5.74) is 2.06. The molecular formula is C22H25N3O. The number of carbonyl (C=O) groups is 1. The molecule has 0 spiro atoms. The van der Waals surface area contributed by atoms with E-state index < -0.39 is 0 Å². The van der Waals surface area contributed by atoms with E-state index >= 15 is 0 Å². The monoisotopic (exact) mass is 347 g/mol. The fraction of sp³-hybridized carbons (Fsp3) is 0.136. The summed E-state index contributed by atoms with van der Waals surface area (Å²) < 4.78 is 0. The highest BCUT2D eigenvalue weighted by molar-refractivity contribution is 5.86. The van der Waals surface area contributed by atoms with Crippen molar-refractivity contribution < 1.29 is 4.79 Å². The van der Waals surface area contributed by atoms with Gasteiger partial charge >= 0.3 is 0 Å². The Balaban J connectivity index is 0. The summed E-state index contributed by atoms with van der Waals surface area (Å²) in [6.45, 7) is 12.0. The summed E-state index contributed by atoms with van der Waals surface area (Å²) in [7, 11) is 3.59. The number of carbonyl (C=O) groups excluding carboxylic acids is 1. The van der Waals surface area contributed by atoms with Gasteiger partial charge in [0, 0.05) is 14.1 Å². The quantitative estimate of drug-likeness (QED) is 0.765. The van der Waals surface area contributed by atoms with E-state index in [0.29, 0.717) is 0 Å². The molecule has 0 heterocycles. The van der Waals surface area contributed by atoms with Crippen LogP contribution in [-0.4, -0.2) is 24.9 Å². The third kappa shape index (κ3) is 8.86. The Morgan fingerprint density at radius 3 is 1.35 bits per heavy atom. The van der Waals surface area contributed by atoms with Crippen LogP contribution < -0.4 is 0 Å². The molecule has 0 saturated carbocycles. The summed E-state index contributed by atoms with van der Waals surface area (Å²) in [5.74, 6) is -0.116. The van der Waals surface area contributed by atoms with E-state index in [-0.39, 0.29) is 11.8 Å². The molecule has 4 nitrogen and oxygen atoms in total. The van der Waals surface area contributed by atoms with E-state index in [9.17, 15) is 4.79 Å². The maximum Gasteiger partial charge on any atom is 0.234 e. The van der Waals surface area contributed by atoms with Gasteiger partial charge in [-0.1, -0.05) is 60.7 Å². The van der Waals surface area contributed by atoms with Gasteiger partial charge in [-0.2, -0.15) is 10.5 Å². The van der Waals surface area contributed by atoms with Gasteiger partial charge in [-0.25, -0.2) is 0 Å². The Bertz CT molecular complexity index is 644. The predicted octanol–water partition coefficient (Wildman–Crippen LogP) is 4.54. The number of benzene rings is 2. The largest absolute Gasteiger partial charge is 0.348 e. The highest BCUT2D eigenvalue weighted by Gasteiger charge is 2.23. The molecule has 0 N–H and O–H groups in total. The zero-order valence-electron chi connectivity index (χ0n) is 15.4. The average Bonchev–Trinajstić information content (AvgIpc) is 2.73. The van der Waals surface area contributed by atoms with Gasteiger partial charge in [-0.05, 0) is 11.1 Å². The maximum atomic E-state index is 12.4. The van der Waals surface area contributed by atoms with Gasteiger partial charge in [0.15, 0.2) is 12.1 Å². The molecule has 0 unspecified atom stereocenters. The molecule has 4 heteroatoms. The van der Waals surface area contributed by atoms with Crippen LogP contribution in [0.4, 0.5) is 0 Å². The van der Waals surface area contributed by atoms with Crippen molar-refractivity contribution in [1.82, 2.24) is 4.90 Å². The number of amides is 1. The zero-order valence-corrected chi connectivity index (χ0v) is 15.4. The molecule has 0 saturated heterocycles. The van der Waals surface area contributed by atoms with Gasteiger partial charge in [-0.3, -0.25) is 4.79 Å². The molecule has 2 aromatic rings. The van der Waals surface area contributed by atoms with Gasteiger partial charge in [-0.15, -0.1) is 26.3 Å². The minimum Gasteiger partial charge on any atom is -0.348 e. The predicted molar refractivity (Wildman–Crippen MR) is 107 cm³/mol. The van der Waals surface area contributed by atoms with E-state index in [4.69, 9.17) is 10.5 Å². The highest BCUT2D eigenvalue weighted by Crippen LogP contribution is 2.25. The van der Waals surface area contributed by atoms with Crippen LogP contribution in [0.1, 0.15) is 17.0 Å². The van der Waals surface area contributed by atoms with Crippen LogP contribution in [-0.2, 0) is 4.79 Å². The topological polar surface area (TPSA) is 67.9 Å². The smallest absolute Gasteiger partial charge is 0.234 e. The standard InChI is InChI=1S/C16H17NO.C2N2.2C2H4/c1-17(2)16(18)15(13-9-5-3-6-10-13)14-11-7-4-8-12-14;3-1-2-4;2*1-2/h3-12,15H,1-2H3;;2*1-2H2. The fourth-order valence-electron chi connectivity index (χ4n) is 2.03. The van der Waals surface area contributed by atoms with E-state index in [1.807, 2.05) is 60.7 Å². The molecule has 0 fully saturated rings. The zero-order chi connectivity index (χ0) is 20.4. The molecule has 0 aromatic heterocycles. The van der Waals surface area contributed by atoms with Crippen molar-refractivity contribution >= 4 is 5.91 Å². The number of hydrogen-bond acceptors (Lipinski definition) is 3. The average molecular weight is 347 g/mol. The second-order valence-corrected chi connectivity index (χ2v) is 4.71. The van der Waals surface area contributed by atoms with E-state index in [0.717, 1.165) is 11.1 Å². The summed E-state index contributed by atoms with van der Waals surface area (Å²) in [6.07, 6.45) is 0. The number of nitrogens with zero attached hydrogens (tertiary/aromatic N) is 3. The maximum absolute atomic E-state index is 12.4. The lowest BCUT2D eigenvalue weighted by molar-refractivity contribution is -0.129. The Labute approximate surface area is 156 Å². The minimum atomic E-state index is -0.220. The number of nitriles is 2. The van der Waals surface area contributed by atoms with Crippen molar-refractivity contribution in [2.75, 3.05) is 14.1 Å². The molecule has 0 radical (unpaired) electrons. The van der Waals surface area contributed by atoms with Gasteiger partial charge < -0.3 is 4.90 Å². The first-order valence-corrected chi connectivity index (χ1v) is 7.71. The van der Waals surface area contributed by atoms with Crippen LogP contribution in [0.25, 0.3) is 0 Å². The van der Waals surface area contributed by atoms with Crippen molar-refractivity contribution in [3.05, 3.63) is 98.1 Å². The van der Waals surface area contributed by atoms with Crippen LogP contribution in [0.5, 0.6) is 0 Å². The Morgan fingerprint density at radius 1 is 0.808 bits per heavy atom. The SMILES string of the molecule is C=C.C=C.CN(C)C(=O)C(c1ccccc1)c1ccccc1.N#CC#N. The van der Waals surface area contributed by atoms with E-state index in [1.54, 1.807) is 19.0 Å². The second-order valence-electron chi connectivity index (χ2n) is 4.71. The van der Waals surface area contributed by atoms with Gasteiger partial charge in [0.2, 0.25) is 5.91 Å². The van der Waals surface area contributed by atoms with Gasteiger partial charge in [0.05, 0.1) is 5.92 Å². The minimum absolute atomic E-state index is 0.104. The second kappa shape index (κ2) is 16.2. The lowest BCUT2D eigenvalue weighted by Crippen LogP contribution is -2.28. The molecule has 0 aliphatic carbocycles. The molecule has 2 rings (SSSR count). The van der Waals surface area contributed by atoms with Crippen molar-refractivity contribution in [2.45, 2.75) is 5.92 Å². The third-order valence-corrected chi connectivity index (χ3v) is 3.00. The summed E-state index contributed by atoms with van der Waals surface area (Å²) in [5, 5.41) is 14.5. The Hall–Kier alpha value is -3.63. The first-order chi connectivity index (χ1) is 12.6. The summed E-state index contributed by atoms with van der Waals surface area (Å²) in [6, 6.07) is 22.3. The fourth-order valence-corrected chi connectivity index (χ4v) is 2.03. The molecule has 0 atom stereocenters. The number of likely N-dealkylation sites (N-methyl/N-ethyl adjacent to an activating group) is 1. The molecule has 2 aromatic carbocycles. The van der Waals surface area contributed by atoms with Crippen LogP contribution in [0.2, 0.25) is 0 Å². The van der Waals surface area contributed by atoms with Crippen molar-refractivity contribution in [3.8, 4) is 12.1 Å². The van der Waals surface area contributed by atoms with E-state index in [2.05, 4.69) is 26.3 Å². The first kappa shape index (κ1) is 24.6. The summed E-state index contributed by atoms with van der Waals surface area (Å²) >= 11 is 0. The van der Waals surface area contributed by atoms with Gasteiger partial charge in [0.1, 0.15) is 0 Å². The molecule has 0 bridgehead atoms. The first-order valence-electron chi connectivity index (χ1n) is 7.71. The molecular weight excluding hydrogens is 322 g/mol. The molecule has 134 valence electrons. The molecule has 26 heavy (non-hydrogen) atoms. The van der Waals surface area contributed by atoms with Crippen LogP contribution in [0, 0.1) is 22.7 Å². The number of hydrogen-bond donors (Lipinski definition) is 0. The molecule has 0 aliphatic rings. The third-order valence-electron chi connectivity index (χ3n) is 3.00. The Morgan fingerprint density at radius 2 is 1.12 bits per heavy atom. The van der Waals surface area contributed by atoms with Gasteiger partial charge in [0.25, 0.3) is 0 Å². The molecule has 0 aliphatic heterocycles. The lowest BCUT2D eigenvalue weighted by atomic mass is 9.90. The van der Waals surface area contributed by atoms with Crippen molar-refractivity contribution in [2.24, 2.45) is 0 Å². The van der Waals surface area contributed by atoms with Crippen LogP contribution >= 0.6 is 0 Å². The Kier molecular flexibility index (Phi) is 15.4. The van der Waals surface area contributed by atoms with Crippen LogP contribution in [0.3, 0.4) is 0 Å². The molecule has 1 amide bonds.